The molecule has 0 atom stereocenters. The largest absolute Gasteiger partial charge is 0.373 e. The van der Waals surface area contributed by atoms with Crippen LogP contribution in [-0.4, -0.2) is 17.0 Å². The molecule has 0 amide bonds. The third-order valence-electron chi connectivity index (χ3n) is 2.79. The highest BCUT2D eigenvalue weighted by Crippen LogP contribution is 2.26. The summed E-state index contributed by atoms with van der Waals surface area (Å²) in [7, 11) is 1.87. The van der Waals surface area contributed by atoms with E-state index in [4.69, 9.17) is 0 Å². The minimum atomic E-state index is 0.765. The van der Waals surface area contributed by atoms with Crippen LogP contribution < -0.4 is 5.32 Å². The highest BCUT2D eigenvalue weighted by atomic mass is 32.1. The van der Waals surface area contributed by atoms with Gasteiger partial charge in [0.25, 0.3) is 0 Å². The molecule has 1 N–H and O–H groups in total. The lowest BCUT2D eigenvalue weighted by molar-refractivity contribution is 1.18. The van der Waals surface area contributed by atoms with Crippen molar-refractivity contribution in [3.8, 4) is 22.0 Å². The van der Waals surface area contributed by atoms with Crippen LogP contribution in [0.3, 0.4) is 0 Å². The number of nitrogens with one attached hydrogen (secondary N) is 1. The van der Waals surface area contributed by atoms with Crippen LogP contribution in [0.25, 0.3) is 22.0 Å². The molecule has 0 bridgehead atoms. The fraction of sp³-hybridized carbons (Fsp3) is 0.0667. The van der Waals surface area contributed by atoms with Crippen molar-refractivity contribution in [1.82, 2.24) is 9.97 Å². The molecule has 0 radical (unpaired) electrons. The summed E-state index contributed by atoms with van der Waals surface area (Å²) in [5.41, 5.74) is 2.03. The summed E-state index contributed by atoms with van der Waals surface area (Å²) in [6.45, 7) is 0. The third-order valence-corrected chi connectivity index (χ3v) is 3.66. The van der Waals surface area contributed by atoms with Gasteiger partial charge >= 0.3 is 0 Å². The Morgan fingerprint density at radius 3 is 2.53 bits per heavy atom. The van der Waals surface area contributed by atoms with E-state index in [1.807, 2.05) is 48.8 Å². The third kappa shape index (κ3) is 2.48. The summed E-state index contributed by atoms with van der Waals surface area (Å²) in [5, 5.41) is 5.13. The first-order valence-electron chi connectivity index (χ1n) is 6.03. The van der Waals surface area contributed by atoms with E-state index in [9.17, 15) is 0 Å². The molecular formula is C15H13N3S. The zero-order valence-electron chi connectivity index (χ0n) is 10.5. The van der Waals surface area contributed by atoms with Crippen LogP contribution in [-0.2, 0) is 0 Å². The Bertz CT molecular complexity index is 663. The standard InChI is InChI=1S/C15H13N3S/c1-16-14-10-12(11-6-3-2-4-7-11)17-15(18-14)13-8-5-9-19-13/h2-10H,1H3,(H,16,17,18). The molecule has 0 saturated heterocycles. The highest BCUT2D eigenvalue weighted by Gasteiger charge is 2.08. The van der Waals surface area contributed by atoms with Crippen LogP contribution in [0.15, 0.2) is 53.9 Å². The van der Waals surface area contributed by atoms with Crippen LogP contribution >= 0.6 is 11.3 Å². The second-order valence-electron chi connectivity index (χ2n) is 4.06. The monoisotopic (exact) mass is 267 g/mol. The molecule has 0 aliphatic carbocycles. The van der Waals surface area contributed by atoms with Gasteiger partial charge in [0.05, 0.1) is 10.6 Å². The Labute approximate surface area is 116 Å². The van der Waals surface area contributed by atoms with Crippen molar-refractivity contribution in [1.29, 1.82) is 0 Å². The first kappa shape index (κ1) is 11.9. The predicted molar refractivity (Wildman–Crippen MR) is 80.3 cm³/mol. The fourth-order valence-electron chi connectivity index (χ4n) is 1.85. The molecule has 0 saturated carbocycles. The molecule has 0 unspecified atom stereocenters. The molecule has 3 aromatic rings. The van der Waals surface area contributed by atoms with Crippen LogP contribution in [0, 0.1) is 0 Å². The molecule has 2 heterocycles. The van der Waals surface area contributed by atoms with E-state index in [1.54, 1.807) is 11.3 Å². The Morgan fingerprint density at radius 1 is 1.00 bits per heavy atom. The maximum absolute atomic E-state index is 4.65. The lowest BCUT2D eigenvalue weighted by atomic mass is 10.1. The van der Waals surface area contributed by atoms with E-state index in [0.29, 0.717) is 0 Å². The zero-order valence-corrected chi connectivity index (χ0v) is 11.3. The summed E-state index contributed by atoms with van der Waals surface area (Å²) in [6.07, 6.45) is 0. The number of hydrogen-bond acceptors (Lipinski definition) is 4. The molecule has 4 heteroatoms. The normalized spacial score (nSPS) is 10.4. The summed E-state index contributed by atoms with van der Waals surface area (Å²) < 4.78 is 0. The number of thiophene rings is 1. The van der Waals surface area contributed by atoms with E-state index in [2.05, 4.69) is 27.4 Å². The van der Waals surface area contributed by atoms with Crippen molar-refractivity contribution < 1.29 is 0 Å². The second-order valence-corrected chi connectivity index (χ2v) is 5.00. The number of anilines is 1. The first-order valence-corrected chi connectivity index (χ1v) is 6.91. The van der Waals surface area contributed by atoms with Crippen LogP contribution in [0.5, 0.6) is 0 Å². The van der Waals surface area contributed by atoms with Crippen LogP contribution in [0.4, 0.5) is 5.82 Å². The predicted octanol–water partition coefficient (Wildman–Crippen LogP) is 3.91. The van der Waals surface area contributed by atoms with Crippen LogP contribution in [0.1, 0.15) is 0 Å². The molecule has 3 rings (SSSR count). The molecule has 0 aliphatic heterocycles. The maximum Gasteiger partial charge on any atom is 0.172 e. The number of nitrogens with zero attached hydrogens (tertiary/aromatic N) is 2. The van der Waals surface area contributed by atoms with Crippen LogP contribution in [0.2, 0.25) is 0 Å². The molecule has 2 aromatic heterocycles. The molecule has 0 aliphatic rings. The minimum absolute atomic E-state index is 0.765. The maximum atomic E-state index is 4.65. The van der Waals surface area contributed by atoms with Gasteiger partial charge in [0.2, 0.25) is 0 Å². The molecule has 3 nitrogen and oxygen atoms in total. The van der Waals surface area contributed by atoms with Gasteiger partial charge in [-0.2, -0.15) is 0 Å². The average Bonchev–Trinajstić information content (AvgIpc) is 3.02. The van der Waals surface area contributed by atoms with Crippen molar-refractivity contribution in [3.05, 3.63) is 53.9 Å². The van der Waals surface area contributed by atoms with Gasteiger partial charge in [0.15, 0.2) is 5.82 Å². The van der Waals surface area contributed by atoms with Gasteiger partial charge in [-0.05, 0) is 11.4 Å². The van der Waals surface area contributed by atoms with Gasteiger partial charge in [0, 0.05) is 18.7 Å². The van der Waals surface area contributed by atoms with E-state index in [0.717, 1.165) is 27.8 Å². The quantitative estimate of drug-likeness (QED) is 0.781. The molecule has 0 fully saturated rings. The average molecular weight is 267 g/mol. The van der Waals surface area contributed by atoms with Gasteiger partial charge in [-0.25, -0.2) is 9.97 Å². The van der Waals surface area contributed by atoms with Gasteiger partial charge in [0.1, 0.15) is 5.82 Å². The lowest BCUT2D eigenvalue weighted by Crippen LogP contribution is -1.97. The van der Waals surface area contributed by atoms with E-state index >= 15 is 0 Å². The van der Waals surface area contributed by atoms with E-state index in [-0.39, 0.29) is 0 Å². The lowest BCUT2D eigenvalue weighted by Gasteiger charge is -2.07. The molecule has 0 spiro atoms. The fourth-order valence-corrected chi connectivity index (χ4v) is 2.51. The van der Waals surface area contributed by atoms with Crippen molar-refractivity contribution in [2.75, 3.05) is 12.4 Å². The summed E-state index contributed by atoms with van der Waals surface area (Å²) in [6, 6.07) is 16.2. The van der Waals surface area contributed by atoms with E-state index < -0.39 is 0 Å². The number of hydrogen-bond donors (Lipinski definition) is 1. The van der Waals surface area contributed by atoms with Crippen molar-refractivity contribution in [3.63, 3.8) is 0 Å². The van der Waals surface area contributed by atoms with E-state index in [1.165, 1.54) is 0 Å². The highest BCUT2D eigenvalue weighted by molar-refractivity contribution is 7.13. The smallest absolute Gasteiger partial charge is 0.172 e. The Hall–Kier alpha value is -2.20. The molecular weight excluding hydrogens is 254 g/mol. The number of aromatic nitrogens is 2. The molecule has 19 heavy (non-hydrogen) atoms. The second kappa shape index (κ2) is 5.20. The minimum Gasteiger partial charge on any atom is -0.373 e. The Balaban J connectivity index is 2.13. The Morgan fingerprint density at radius 2 is 1.84 bits per heavy atom. The Kier molecular flexibility index (Phi) is 3.25. The van der Waals surface area contributed by atoms with Gasteiger partial charge in [-0.3, -0.25) is 0 Å². The van der Waals surface area contributed by atoms with Crippen molar-refractivity contribution in [2.45, 2.75) is 0 Å². The SMILES string of the molecule is CNc1cc(-c2ccccc2)nc(-c2cccs2)n1. The summed E-state index contributed by atoms with van der Waals surface area (Å²) in [5.74, 6) is 1.60. The number of benzene rings is 1. The van der Waals surface area contributed by atoms with Gasteiger partial charge in [-0.1, -0.05) is 36.4 Å². The summed E-state index contributed by atoms with van der Waals surface area (Å²) >= 11 is 1.65. The summed E-state index contributed by atoms with van der Waals surface area (Å²) in [4.78, 5) is 10.2. The van der Waals surface area contributed by atoms with Gasteiger partial charge in [-0.15, -0.1) is 11.3 Å². The van der Waals surface area contributed by atoms with Crippen molar-refractivity contribution in [2.24, 2.45) is 0 Å². The number of rotatable bonds is 3. The first-order chi connectivity index (χ1) is 9.36. The van der Waals surface area contributed by atoms with Gasteiger partial charge < -0.3 is 5.32 Å². The topological polar surface area (TPSA) is 37.8 Å². The molecule has 94 valence electrons. The van der Waals surface area contributed by atoms with Crippen molar-refractivity contribution >= 4 is 17.2 Å². The zero-order chi connectivity index (χ0) is 13.1. The molecule has 1 aromatic carbocycles.